The molecule has 56 heavy (non-hydrogen) atoms. The molecule has 1 aliphatic heterocycles. The Morgan fingerprint density at radius 3 is 1.52 bits per heavy atom. The molecule has 6 nitrogen and oxygen atoms in total. The summed E-state index contributed by atoms with van der Waals surface area (Å²) in [5, 5.41) is 10.1. The highest BCUT2D eigenvalue weighted by atomic mass is 35.5. The number of rotatable bonds is 18. The van der Waals surface area contributed by atoms with Gasteiger partial charge in [-0.15, -0.1) is 0 Å². The van der Waals surface area contributed by atoms with Crippen LogP contribution >= 0.6 is 11.6 Å². The molecule has 0 bridgehead atoms. The van der Waals surface area contributed by atoms with Gasteiger partial charge in [-0.2, -0.15) is 0 Å². The Kier molecular flexibility index (Phi) is 14.5. The number of halogens is 1. The molecule has 0 spiro atoms. The van der Waals surface area contributed by atoms with E-state index in [4.69, 9.17) is 35.3 Å². The van der Waals surface area contributed by atoms with E-state index < -0.39 is 30.5 Å². The Balaban J connectivity index is 1.25. The highest BCUT2D eigenvalue weighted by molar-refractivity contribution is 6.31. The second-order valence-corrected chi connectivity index (χ2v) is 14.6. The normalized spacial score (nSPS) is 19.5. The number of hydrogen-bond acceptors (Lipinski definition) is 6. The lowest BCUT2D eigenvalue weighted by molar-refractivity contribution is -0.275. The molecule has 7 heteroatoms. The first-order valence-electron chi connectivity index (χ1n) is 19.3. The van der Waals surface area contributed by atoms with Gasteiger partial charge in [0.05, 0.1) is 33.0 Å². The molecule has 1 aliphatic rings. The van der Waals surface area contributed by atoms with Gasteiger partial charge in [0, 0.05) is 11.6 Å². The summed E-state index contributed by atoms with van der Waals surface area (Å²) in [7, 11) is 0. The molecule has 1 fully saturated rings. The summed E-state index contributed by atoms with van der Waals surface area (Å²) in [6.45, 7) is 1.93. The molecule has 5 unspecified atom stereocenters. The van der Waals surface area contributed by atoms with Gasteiger partial charge in [0.25, 0.3) is 0 Å². The predicted molar refractivity (Wildman–Crippen MR) is 220 cm³/mol. The van der Waals surface area contributed by atoms with Crippen LogP contribution in [0.15, 0.2) is 164 Å². The summed E-state index contributed by atoms with van der Waals surface area (Å²) in [5.74, 6) is 0. The molecule has 6 aromatic carbocycles. The fourth-order valence-electron chi connectivity index (χ4n) is 7.14. The molecular formula is C49H49ClO6. The van der Waals surface area contributed by atoms with E-state index in [9.17, 15) is 5.11 Å². The van der Waals surface area contributed by atoms with Crippen LogP contribution in [0, 0.1) is 0 Å². The van der Waals surface area contributed by atoms with Gasteiger partial charge in [0.1, 0.15) is 30.5 Å². The van der Waals surface area contributed by atoms with Crippen LogP contribution in [0.3, 0.4) is 0 Å². The van der Waals surface area contributed by atoms with Gasteiger partial charge in [0.15, 0.2) is 0 Å². The van der Waals surface area contributed by atoms with Gasteiger partial charge < -0.3 is 28.8 Å². The number of benzene rings is 6. The van der Waals surface area contributed by atoms with Gasteiger partial charge in [-0.25, -0.2) is 0 Å². The van der Waals surface area contributed by atoms with Crippen LogP contribution < -0.4 is 0 Å². The molecule has 288 valence electrons. The van der Waals surface area contributed by atoms with Crippen LogP contribution in [0.25, 0.3) is 0 Å². The van der Waals surface area contributed by atoms with Crippen molar-refractivity contribution in [3.8, 4) is 0 Å². The molecule has 0 radical (unpaired) electrons. The van der Waals surface area contributed by atoms with E-state index in [2.05, 4.69) is 78.9 Å². The maximum absolute atomic E-state index is 9.40. The van der Waals surface area contributed by atoms with Gasteiger partial charge in [0.2, 0.25) is 0 Å². The maximum Gasteiger partial charge on any atom is 0.117 e. The van der Waals surface area contributed by atoms with E-state index in [1.807, 2.05) is 84.9 Å². The Hall–Kier alpha value is -4.63. The van der Waals surface area contributed by atoms with Crippen molar-refractivity contribution in [2.75, 3.05) is 13.2 Å². The summed E-state index contributed by atoms with van der Waals surface area (Å²) < 4.78 is 34.3. The molecule has 1 heterocycles. The SMILES string of the molecule is OCCc1ccc(Cc2cc(C3OC(COCc4ccccc4)C(OCc4ccccc4)C(OCc4ccccc4)C3OCc3ccccc3)ccc2Cl)cc1. The summed E-state index contributed by atoms with van der Waals surface area (Å²) in [4.78, 5) is 0. The number of ether oxygens (including phenoxy) is 5. The average molecular weight is 769 g/mol. The monoisotopic (exact) mass is 768 g/mol. The zero-order valence-corrected chi connectivity index (χ0v) is 32.3. The van der Waals surface area contributed by atoms with E-state index in [0.717, 1.165) is 44.5 Å². The Morgan fingerprint density at radius 1 is 0.500 bits per heavy atom. The quantitative estimate of drug-likeness (QED) is 0.0940. The van der Waals surface area contributed by atoms with Crippen LogP contribution in [-0.4, -0.2) is 42.7 Å². The number of aliphatic hydroxyl groups excluding tert-OH is 1. The molecule has 6 aromatic rings. The van der Waals surface area contributed by atoms with Crippen molar-refractivity contribution in [3.05, 3.63) is 213 Å². The molecule has 0 aliphatic carbocycles. The average Bonchev–Trinajstić information content (AvgIpc) is 3.25. The minimum Gasteiger partial charge on any atom is -0.396 e. The summed E-state index contributed by atoms with van der Waals surface area (Å²) >= 11 is 6.90. The van der Waals surface area contributed by atoms with E-state index in [1.165, 1.54) is 0 Å². The number of aliphatic hydroxyl groups is 1. The lowest BCUT2D eigenvalue weighted by atomic mass is 9.89. The van der Waals surface area contributed by atoms with Crippen LogP contribution in [0.5, 0.6) is 0 Å². The topological polar surface area (TPSA) is 66.4 Å². The first-order valence-corrected chi connectivity index (χ1v) is 19.7. The molecule has 0 saturated carbocycles. The summed E-state index contributed by atoms with van der Waals surface area (Å²) in [6, 6.07) is 55.1. The van der Waals surface area contributed by atoms with Crippen molar-refractivity contribution >= 4 is 11.6 Å². The third-order valence-electron chi connectivity index (χ3n) is 10.1. The van der Waals surface area contributed by atoms with Crippen LogP contribution in [0.1, 0.15) is 50.6 Å². The highest BCUT2D eigenvalue weighted by Gasteiger charge is 2.49. The third-order valence-corrected chi connectivity index (χ3v) is 10.5. The molecule has 7 rings (SSSR count). The smallest absolute Gasteiger partial charge is 0.117 e. The van der Waals surface area contributed by atoms with Gasteiger partial charge in [-0.1, -0.05) is 169 Å². The number of hydrogen-bond donors (Lipinski definition) is 1. The Labute approximate surface area is 335 Å². The van der Waals surface area contributed by atoms with Crippen molar-refractivity contribution in [1.82, 2.24) is 0 Å². The lowest BCUT2D eigenvalue weighted by Crippen LogP contribution is -2.58. The second kappa shape index (κ2) is 20.5. The van der Waals surface area contributed by atoms with E-state index in [-0.39, 0.29) is 13.2 Å². The molecule has 0 aromatic heterocycles. The van der Waals surface area contributed by atoms with Gasteiger partial charge in [-0.05, 0) is 63.4 Å². The first-order chi connectivity index (χ1) is 27.6. The van der Waals surface area contributed by atoms with Crippen molar-refractivity contribution < 1.29 is 28.8 Å². The Bertz CT molecular complexity index is 2030. The minimum atomic E-state index is -0.558. The van der Waals surface area contributed by atoms with Crippen LogP contribution in [0.4, 0.5) is 0 Å². The van der Waals surface area contributed by atoms with Gasteiger partial charge >= 0.3 is 0 Å². The van der Waals surface area contributed by atoms with Crippen molar-refractivity contribution in [3.63, 3.8) is 0 Å². The van der Waals surface area contributed by atoms with Crippen molar-refractivity contribution in [2.45, 2.75) is 69.8 Å². The van der Waals surface area contributed by atoms with Crippen molar-refractivity contribution in [2.24, 2.45) is 0 Å². The van der Waals surface area contributed by atoms with Crippen molar-refractivity contribution in [1.29, 1.82) is 0 Å². The molecule has 0 amide bonds. The summed E-state index contributed by atoms with van der Waals surface area (Å²) in [5.41, 5.74) is 8.35. The minimum absolute atomic E-state index is 0.120. The zero-order valence-electron chi connectivity index (χ0n) is 31.5. The standard InChI is InChI=1S/C49H49ClO6/c50-44-26-25-42(30-43(44)29-37-23-21-36(22-24-37)27-28-51)46-48(54-33-40-17-9-3-10-18-40)49(55-34-41-19-11-4-12-20-41)47(53-32-39-15-7-2-8-16-39)45(56-46)35-52-31-38-13-5-1-6-14-38/h1-26,30,45-49,51H,27-29,31-35H2. The molecule has 5 atom stereocenters. The molecule has 1 N–H and O–H groups in total. The highest BCUT2D eigenvalue weighted by Crippen LogP contribution is 2.40. The first kappa shape index (κ1) is 39.6. The third kappa shape index (κ3) is 11.0. The predicted octanol–water partition coefficient (Wildman–Crippen LogP) is 9.88. The van der Waals surface area contributed by atoms with E-state index in [0.29, 0.717) is 44.3 Å². The molecule has 1 saturated heterocycles. The van der Waals surface area contributed by atoms with Crippen LogP contribution in [0.2, 0.25) is 5.02 Å². The van der Waals surface area contributed by atoms with E-state index in [1.54, 1.807) is 0 Å². The largest absolute Gasteiger partial charge is 0.396 e. The lowest BCUT2D eigenvalue weighted by Gasteiger charge is -2.46. The van der Waals surface area contributed by atoms with Crippen LogP contribution in [-0.2, 0) is 63.0 Å². The fourth-order valence-corrected chi connectivity index (χ4v) is 7.32. The summed E-state index contributed by atoms with van der Waals surface area (Å²) in [6.07, 6.45) is -1.40. The maximum atomic E-state index is 9.40. The van der Waals surface area contributed by atoms with E-state index >= 15 is 0 Å². The molecular weight excluding hydrogens is 720 g/mol. The second-order valence-electron chi connectivity index (χ2n) is 14.2. The Morgan fingerprint density at radius 2 is 0.982 bits per heavy atom. The zero-order chi connectivity index (χ0) is 38.4. The fraction of sp³-hybridized carbons (Fsp3) is 0.265. The van der Waals surface area contributed by atoms with Gasteiger partial charge in [-0.3, -0.25) is 0 Å².